The van der Waals surface area contributed by atoms with Gasteiger partial charge in [0.25, 0.3) is 11.6 Å². The SMILES string of the molecule is CC1(C)[C@@H]2CC[C@@]1(C)[C@H]1[C@@H]2N=C(c2ccccn2)N1C(=O)c1ccc([N+](=O)[O-])cc1. The van der Waals surface area contributed by atoms with Crippen LogP contribution in [0.5, 0.6) is 0 Å². The molecule has 2 saturated carbocycles. The molecular weight excluding hydrogens is 380 g/mol. The van der Waals surface area contributed by atoms with Gasteiger partial charge >= 0.3 is 0 Å². The second kappa shape index (κ2) is 6.20. The van der Waals surface area contributed by atoms with Crippen molar-refractivity contribution in [3.63, 3.8) is 0 Å². The maximum absolute atomic E-state index is 13.7. The molecule has 5 rings (SSSR count). The number of rotatable bonds is 3. The molecular formula is C23H24N4O3. The van der Waals surface area contributed by atoms with E-state index >= 15 is 0 Å². The zero-order valence-electron chi connectivity index (χ0n) is 17.3. The lowest BCUT2D eigenvalue weighted by Crippen LogP contribution is -2.52. The number of hydrogen-bond donors (Lipinski definition) is 0. The van der Waals surface area contributed by atoms with E-state index in [4.69, 9.17) is 4.99 Å². The molecule has 0 unspecified atom stereocenters. The van der Waals surface area contributed by atoms with Crippen molar-refractivity contribution < 1.29 is 9.72 Å². The first kappa shape index (κ1) is 18.9. The summed E-state index contributed by atoms with van der Waals surface area (Å²) in [6.07, 6.45) is 3.88. The summed E-state index contributed by atoms with van der Waals surface area (Å²) in [4.78, 5) is 35.6. The molecule has 2 aliphatic carbocycles. The Balaban J connectivity index is 1.61. The number of nitro benzene ring substituents is 1. The van der Waals surface area contributed by atoms with Gasteiger partial charge in [0, 0.05) is 23.9 Å². The summed E-state index contributed by atoms with van der Waals surface area (Å²) in [5.74, 6) is 0.856. The van der Waals surface area contributed by atoms with Gasteiger partial charge in [0.2, 0.25) is 0 Å². The summed E-state index contributed by atoms with van der Waals surface area (Å²) in [6.45, 7) is 6.88. The first-order valence-corrected chi connectivity index (χ1v) is 10.3. The molecule has 30 heavy (non-hydrogen) atoms. The van der Waals surface area contributed by atoms with E-state index in [1.807, 2.05) is 23.1 Å². The second-order valence-electron chi connectivity index (χ2n) is 9.37. The van der Waals surface area contributed by atoms with Crippen molar-refractivity contribution >= 4 is 17.4 Å². The van der Waals surface area contributed by atoms with Crippen molar-refractivity contribution in [2.75, 3.05) is 0 Å². The number of fused-ring (bicyclic) bond motifs is 5. The fourth-order valence-corrected chi connectivity index (χ4v) is 5.99. The van der Waals surface area contributed by atoms with E-state index in [-0.39, 0.29) is 34.5 Å². The Bertz CT molecular complexity index is 1060. The molecule has 1 aromatic carbocycles. The van der Waals surface area contributed by atoms with E-state index in [1.54, 1.807) is 6.20 Å². The Morgan fingerprint density at radius 3 is 2.53 bits per heavy atom. The molecule has 1 aromatic heterocycles. The number of amides is 1. The Morgan fingerprint density at radius 2 is 1.90 bits per heavy atom. The van der Waals surface area contributed by atoms with Crippen molar-refractivity contribution in [3.05, 3.63) is 70.0 Å². The molecule has 0 radical (unpaired) electrons. The zero-order valence-corrected chi connectivity index (χ0v) is 17.3. The molecule has 1 amide bonds. The summed E-state index contributed by atoms with van der Waals surface area (Å²) < 4.78 is 0. The van der Waals surface area contributed by atoms with Crippen LogP contribution in [-0.4, -0.2) is 38.6 Å². The third kappa shape index (κ3) is 2.35. The number of aromatic nitrogens is 1. The third-order valence-electron chi connectivity index (χ3n) is 7.98. The highest BCUT2D eigenvalue weighted by molar-refractivity contribution is 6.13. The summed E-state index contributed by atoms with van der Waals surface area (Å²) in [5.41, 5.74) is 1.10. The highest BCUT2D eigenvalue weighted by Gasteiger charge is 2.70. The largest absolute Gasteiger partial charge is 0.285 e. The monoisotopic (exact) mass is 404 g/mol. The van der Waals surface area contributed by atoms with Crippen molar-refractivity contribution in [2.45, 2.75) is 45.7 Å². The molecule has 154 valence electrons. The van der Waals surface area contributed by atoms with Gasteiger partial charge in [-0.15, -0.1) is 0 Å². The lowest BCUT2D eigenvalue weighted by molar-refractivity contribution is -0.384. The summed E-state index contributed by atoms with van der Waals surface area (Å²) in [5, 5.41) is 11.0. The number of aliphatic imine (C=N–C) groups is 1. The van der Waals surface area contributed by atoms with Gasteiger partial charge in [0.05, 0.1) is 17.0 Å². The van der Waals surface area contributed by atoms with E-state index in [9.17, 15) is 14.9 Å². The fourth-order valence-electron chi connectivity index (χ4n) is 5.99. The van der Waals surface area contributed by atoms with Gasteiger partial charge in [-0.25, -0.2) is 0 Å². The number of amidine groups is 1. The molecule has 7 heteroatoms. The van der Waals surface area contributed by atoms with Crippen molar-refractivity contribution in [1.82, 2.24) is 9.88 Å². The highest BCUT2D eigenvalue weighted by atomic mass is 16.6. The minimum atomic E-state index is -0.458. The quantitative estimate of drug-likeness (QED) is 0.569. The smallest absolute Gasteiger partial charge is 0.269 e. The van der Waals surface area contributed by atoms with Gasteiger partial charge in [-0.3, -0.25) is 29.8 Å². The molecule has 4 atom stereocenters. The van der Waals surface area contributed by atoms with Crippen LogP contribution in [-0.2, 0) is 0 Å². The third-order valence-corrected chi connectivity index (χ3v) is 7.98. The Hall–Kier alpha value is -3.09. The van der Waals surface area contributed by atoms with Crippen molar-refractivity contribution in [3.8, 4) is 0 Å². The number of nitro groups is 1. The van der Waals surface area contributed by atoms with Gasteiger partial charge in [-0.2, -0.15) is 0 Å². The van der Waals surface area contributed by atoms with Crippen LogP contribution >= 0.6 is 0 Å². The van der Waals surface area contributed by atoms with E-state index < -0.39 is 4.92 Å². The maximum Gasteiger partial charge on any atom is 0.269 e. The molecule has 2 aromatic rings. The van der Waals surface area contributed by atoms with E-state index in [0.717, 1.165) is 12.8 Å². The lowest BCUT2D eigenvalue weighted by atomic mass is 9.68. The van der Waals surface area contributed by atoms with E-state index in [1.165, 1.54) is 24.3 Å². The maximum atomic E-state index is 13.7. The van der Waals surface area contributed by atoms with Gasteiger partial charge in [0.1, 0.15) is 5.69 Å². The lowest BCUT2D eigenvalue weighted by Gasteiger charge is -2.42. The number of nitrogens with zero attached hydrogens (tertiary/aromatic N) is 4. The van der Waals surface area contributed by atoms with Crippen molar-refractivity contribution in [1.29, 1.82) is 0 Å². The molecule has 3 aliphatic rings. The minimum Gasteiger partial charge on any atom is -0.285 e. The Morgan fingerprint density at radius 1 is 1.17 bits per heavy atom. The van der Waals surface area contributed by atoms with E-state index in [2.05, 4.69) is 25.8 Å². The second-order valence-corrected chi connectivity index (χ2v) is 9.37. The number of benzene rings is 1. The number of hydrogen-bond acceptors (Lipinski definition) is 5. The van der Waals surface area contributed by atoms with Crippen LogP contribution in [0.25, 0.3) is 0 Å². The molecule has 2 fully saturated rings. The number of pyridine rings is 1. The fraction of sp³-hybridized carbons (Fsp3) is 0.435. The minimum absolute atomic E-state index is 0.0301. The van der Waals surface area contributed by atoms with Gasteiger partial charge in [-0.1, -0.05) is 26.8 Å². The van der Waals surface area contributed by atoms with Crippen LogP contribution in [0.4, 0.5) is 5.69 Å². The Labute approximate surface area is 175 Å². The summed E-state index contributed by atoms with van der Waals surface area (Å²) >= 11 is 0. The number of non-ortho nitro benzene ring substituents is 1. The van der Waals surface area contributed by atoms with E-state index in [0.29, 0.717) is 23.0 Å². The van der Waals surface area contributed by atoms with Crippen LogP contribution in [0.15, 0.2) is 53.7 Å². The average Bonchev–Trinajstić information content (AvgIpc) is 3.30. The topological polar surface area (TPSA) is 88.7 Å². The number of carbonyl (C=O) groups is 1. The van der Waals surface area contributed by atoms with Crippen LogP contribution < -0.4 is 0 Å². The molecule has 0 spiro atoms. The predicted molar refractivity (Wildman–Crippen MR) is 112 cm³/mol. The normalized spacial score (nSPS) is 30.8. The molecule has 0 saturated heterocycles. The van der Waals surface area contributed by atoms with Crippen LogP contribution in [0.2, 0.25) is 0 Å². The van der Waals surface area contributed by atoms with Crippen LogP contribution in [0, 0.1) is 26.9 Å². The molecule has 7 nitrogen and oxygen atoms in total. The van der Waals surface area contributed by atoms with Gasteiger partial charge in [-0.05, 0) is 53.9 Å². The van der Waals surface area contributed by atoms with Gasteiger partial charge in [0.15, 0.2) is 5.84 Å². The predicted octanol–water partition coefficient (Wildman–Crippen LogP) is 4.09. The molecule has 2 heterocycles. The summed E-state index contributed by atoms with van der Waals surface area (Å²) in [6, 6.07) is 11.5. The standard InChI is InChI=1S/C23H24N4O3/c1-22(2)16-11-12-23(22,3)19-18(16)25-20(17-6-4-5-13-24-17)26(19)21(28)14-7-9-15(10-8-14)27(29)30/h4-10,13,16,18-19H,11-12H2,1-3H3/t16-,18-,19-,23+/m1/s1. The molecule has 1 aliphatic heterocycles. The van der Waals surface area contributed by atoms with Crippen LogP contribution in [0.3, 0.4) is 0 Å². The van der Waals surface area contributed by atoms with Crippen molar-refractivity contribution in [2.24, 2.45) is 21.7 Å². The van der Waals surface area contributed by atoms with Crippen LogP contribution in [0.1, 0.15) is 49.7 Å². The Kier molecular flexibility index (Phi) is 3.91. The first-order chi connectivity index (χ1) is 14.3. The molecule has 0 N–H and O–H groups in total. The zero-order chi connectivity index (χ0) is 21.3. The average molecular weight is 404 g/mol. The highest BCUT2D eigenvalue weighted by Crippen LogP contribution is 2.68. The number of carbonyl (C=O) groups excluding carboxylic acids is 1. The summed E-state index contributed by atoms with van der Waals surface area (Å²) in [7, 11) is 0. The van der Waals surface area contributed by atoms with Gasteiger partial charge < -0.3 is 0 Å². The molecule has 2 bridgehead atoms. The first-order valence-electron chi connectivity index (χ1n) is 10.3.